The molecule has 0 aliphatic carbocycles. The molecule has 0 unspecified atom stereocenters. The summed E-state index contributed by atoms with van der Waals surface area (Å²) in [5.41, 5.74) is 0.101. The van der Waals surface area contributed by atoms with Gasteiger partial charge in [0.2, 0.25) is 0 Å². The molecule has 0 aromatic heterocycles. The number of phenolic OH excluding ortho intramolecular Hbond substituents is 2. The molecular weight excluding hydrogens is 226 g/mol. The van der Waals surface area contributed by atoms with Crippen LogP contribution in [0, 0.1) is 0 Å². The molecular formula is C11H15NO5. The highest BCUT2D eigenvalue weighted by molar-refractivity contribution is 5.95. The topological polar surface area (TPSA) is 101 Å². The zero-order valence-corrected chi connectivity index (χ0v) is 9.20. The fourth-order valence-electron chi connectivity index (χ4n) is 1.46. The van der Waals surface area contributed by atoms with Crippen LogP contribution in [0.25, 0.3) is 0 Å². The molecule has 0 saturated carbocycles. The average molecular weight is 241 g/mol. The molecule has 6 nitrogen and oxygen atoms in total. The summed E-state index contributed by atoms with van der Waals surface area (Å²) >= 11 is 0. The lowest BCUT2D eigenvalue weighted by Gasteiger charge is -2.20. The van der Waals surface area contributed by atoms with Crippen molar-refractivity contribution in [1.82, 2.24) is 4.90 Å². The van der Waals surface area contributed by atoms with Gasteiger partial charge in [-0.15, -0.1) is 0 Å². The molecule has 0 spiro atoms. The number of hydrogen-bond donors (Lipinski definition) is 4. The molecule has 0 fully saturated rings. The quantitative estimate of drug-likeness (QED) is 0.558. The third kappa shape index (κ3) is 3.61. The smallest absolute Gasteiger partial charge is 0.254 e. The van der Waals surface area contributed by atoms with Crippen molar-refractivity contribution in [2.24, 2.45) is 0 Å². The van der Waals surface area contributed by atoms with Crippen LogP contribution in [0.2, 0.25) is 0 Å². The molecule has 17 heavy (non-hydrogen) atoms. The Morgan fingerprint density at radius 2 is 1.47 bits per heavy atom. The van der Waals surface area contributed by atoms with Crippen molar-refractivity contribution in [1.29, 1.82) is 0 Å². The van der Waals surface area contributed by atoms with Gasteiger partial charge in [0.15, 0.2) is 0 Å². The number of carbonyl (C=O) groups excluding carboxylic acids is 1. The van der Waals surface area contributed by atoms with Crippen LogP contribution in [-0.4, -0.2) is 57.5 Å². The van der Waals surface area contributed by atoms with Gasteiger partial charge in [0, 0.05) is 24.7 Å². The maximum Gasteiger partial charge on any atom is 0.254 e. The highest BCUT2D eigenvalue weighted by atomic mass is 16.3. The standard InChI is InChI=1S/C11H15NO5/c13-3-1-12(2-4-14)11(17)8-5-9(15)7-10(16)6-8/h5-7,13-16H,1-4H2. The minimum absolute atomic E-state index is 0.0792. The summed E-state index contributed by atoms with van der Waals surface area (Å²) in [6, 6.07) is 3.53. The maximum absolute atomic E-state index is 11.9. The largest absolute Gasteiger partial charge is 0.508 e. The lowest BCUT2D eigenvalue weighted by atomic mass is 10.1. The minimum Gasteiger partial charge on any atom is -0.508 e. The van der Waals surface area contributed by atoms with E-state index in [1.165, 1.54) is 17.0 Å². The molecule has 1 amide bonds. The van der Waals surface area contributed by atoms with Gasteiger partial charge in [-0.25, -0.2) is 0 Å². The van der Waals surface area contributed by atoms with Gasteiger partial charge in [0.05, 0.1) is 13.2 Å². The Kier molecular flexibility index (Phi) is 4.74. The number of phenols is 2. The van der Waals surface area contributed by atoms with Gasteiger partial charge in [0.25, 0.3) is 5.91 Å². The molecule has 0 atom stereocenters. The second-order valence-electron chi connectivity index (χ2n) is 3.48. The van der Waals surface area contributed by atoms with Gasteiger partial charge in [0.1, 0.15) is 11.5 Å². The van der Waals surface area contributed by atoms with Gasteiger partial charge in [-0.3, -0.25) is 4.79 Å². The summed E-state index contributed by atoms with van der Waals surface area (Å²) in [7, 11) is 0. The average Bonchev–Trinajstić information content (AvgIpc) is 2.26. The minimum atomic E-state index is -0.473. The number of amides is 1. The molecule has 1 aromatic carbocycles. The predicted octanol–water partition coefficient (Wildman–Crippen LogP) is -0.475. The lowest BCUT2D eigenvalue weighted by molar-refractivity contribution is 0.0684. The van der Waals surface area contributed by atoms with E-state index in [2.05, 4.69) is 0 Å². The monoisotopic (exact) mass is 241 g/mol. The van der Waals surface area contributed by atoms with Crippen LogP contribution in [-0.2, 0) is 0 Å². The molecule has 1 aromatic rings. The molecule has 0 radical (unpaired) electrons. The van der Waals surface area contributed by atoms with Crippen molar-refractivity contribution in [3.8, 4) is 11.5 Å². The van der Waals surface area contributed by atoms with Crippen molar-refractivity contribution in [2.45, 2.75) is 0 Å². The first-order chi connectivity index (χ1) is 8.08. The van der Waals surface area contributed by atoms with Gasteiger partial charge < -0.3 is 25.3 Å². The Morgan fingerprint density at radius 3 is 1.88 bits per heavy atom. The molecule has 0 bridgehead atoms. The summed E-state index contributed by atoms with van der Waals surface area (Å²) < 4.78 is 0. The van der Waals surface area contributed by atoms with E-state index in [1.807, 2.05) is 0 Å². The fourth-order valence-corrected chi connectivity index (χ4v) is 1.46. The molecule has 6 heteroatoms. The normalized spacial score (nSPS) is 10.2. The summed E-state index contributed by atoms with van der Waals surface area (Å²) in [5, 5.41) is 36.1. The zero-order chi connectivity index (χ0) is 12.8. The summed E-state index contributed by atoms with van der Waals surface area (Å²) in [6.45, 7) is -0.293. The second-order valence-corrected chi connectivity index (χ2v) is 3.48. The molecule has 0 aliphatic heterocycles. The van der Waals surface area contributed by atoms with Gasteiger partial charge >= 0.3 is 0 Å². The highest BCUT2D eigenvalue weighted by Crippen LogP contribution is 2.21. The number of aliphatic hydroxyl groups excluding tert-OH is 2. The number of carbonyl (C=O) groups is 1. The van der Waals surface area contributed by atoms with Crippen LogP contribution < -0.4 is 0 Å². The SMILES string of the molecule is O=C(c1cc(O)cc(O)c1)N(CCO)CCO. The number of aromatic hydroxyl groups is 2. The molecule has 0 heterocycles. The van der Waals surface area contributed by atoms with Crippen molar-refractivity contribution in [2.75, 3.05) is 26.3 Å². The van der Waals surface area contributed by atoms with Gasteiger partial charge in [-0.2, -0.15) is 0 Å². The van der Waals surface area contributed by atoms with Crippen molar-refractivity contribution in [3.63, 3.8) is 0 Å². The van der Waals surface area contributed by atoms with Crippen LogP contribution >= 0.6 is 0 Å². The first kappa shape index (κ1) is 13.3. The molecule has 1 rings (SSSR count). The summed E-state index contributed by atoms with van der Waals surface area (Å²) in [6.07, 6.45) is 0. The number of hydrogen-bond acceptors (Lipinski definition) is 5. The van der Waals surface area contributed by atoms with Crippen LogP contribution in [0.5, 0.6) is 11.5 Å². The van der Waals surface area contributed by atoms with Crippen LogP contribution in [0.3, 0.4) is 0 Å². The molecule has 0 aliphatic rings. The van der Waals surface area contributed by atoms with Gasteiger partial charge in [-0.1, -0.05) is 0 Å². The second kappa shape index (κ2) is 6.07. The van der Waals surface area contributed by atoms with E-state index in [0.29, 0.717) is 0 Å². The molecule has 4 N–H and O–H groups in total. The Hall–Kier alpha value is -1.79. The van der Waals surface area contributed by atoms with E-state index in [4.69, 9.17) is 10.2 Å². The Bertz CT molecular complexity index is 367. The Morgan fingerprint density at radius 1 is 1.00 bits per heavy atom. The number of rotatable bonds is 5. The van der Waals surface area contributed by atoms with E-state index in [9.17, 15) is 15.0 Å². The third-order valence-electron chi connectivity index (χ3n) is 2.18. The third-order valence-corrected chi connectivity index (χ3v) is 2.18. The van der Waals surface area contributed by atoms with E-state index in [0.717, 1.165) is 6.07 Å². The van der Waals surface area contributed by atoms with Gasteiger partial charge in [-0.05, 0) is 12.1 Å². The van der Waals surface area contributed by atoms with Crippen molar-refractivity contribution in [3.05, 3.63) is 23.8 Å². The zero-order valence-electron chi connectivity index (χ0n) is 9.20. The summed E-state index contributed by atoms with van der Waals surface area (Å²) in [5.74, 6) is -0.915. The Balaban J connectivity index is 2.92. The van der Waals surface area contributed by atoms with Crippen LogP contribution in [0.15, 0.2) is 18.2 Å². The van der Waals surface area contributed by atoms with E-state index >= 15 is 0 Å². The number of nitrogens with zero attached hydrogens (tertiary/aromatic N) is 1. The fraction of sp³-hybridized carbons (Fsp3) is 0.364. The molecule has 94 valence electrons. The first-order valence-electron chi connectivity index (χ1n) is 5.12. The Labute approximate surface area is 98.4 Å². The first-order valence-corrected chi connectivity index (χ1v) is 5.12. The van der Waals surface area contributed by atoms with E-state index in [1.54, 1.807) is 0 Å². The highest BCUT2D eigenvalue weighted by Gasteiger charge is 2.16. The van der Waals surface area contributed by atoms with Crippen LogP contribution in [0.1, 0.15) is 10.4 Å². The van der Waals surface area contributed by atoms with E-state index < -0.39 is 5.91 Å². The number of benzene rings is 1. The van der Waals surface area contributed by atoms with E-state index in [-0.39, 0.29) is 43.4 Å². The number of aliphatic hydroxyl groups is 2. The van der Waals surface area contributed by atoms with Crippen molar-refractivity contribution >= 4 is 5.91 Å². The van der Waals surface area contributed by atoms with Crippen molar-refractivity contribution < 1.29 is 25.2 Å². The predicted molar refractivity (Wildman–Crippen MR) is 59.8 cm³/mol. The van der Waals surface area contributed by atoms with Crippen LogP contribution in [0.4, 0.5) is 0 Å². The maximum atomic E-state index is 11.9. The summed E-state index contributed by atoms with van der Waals surface area (Å²) in [4.78, 5) is 13.1. The molecule has 0 saturated heterocycles. The lowest BCUT2D eigenvalue weighted by Crippen LogP contribution is -2.35.